The van der Waals surface area contributed by atoms with Crippen molar-refractivity contribution in [3.63, 3.8) is 0 Å². The average molecular weight is 279 g/mol. The minimum Gasteiger partial charge on any atom is -0.394 e. The number of aryl methyl sites for hydroxylation is 1. The predicted octanol–water partition coefficient (Wildman–Crippen LogP) is 2.81. The van der Waals surface area contributed by atoms with E-state index in [0.717, 1.165) is 31.2 Å². The molecule has 1 aliphatic rings. The van der Waals surface area contributed by atoms with Gasteiger partial charge in [0.2, 0.25) is 0 Å². The van der Waals surface area contributed by atoms with Gasteiger partial charge >= 0.3 is 0 Å². The number of benzene rings is 1. The van der Waals surface area contributed by atoms with Crippen LogP contribution in [0.5, 0.6) is 0 Å². The number of aliphatic hydroxyl groups is 1. The third kappa shape index (κ3) is 3.18. The highest BCUT2D eigenvalue weighted by Crippen LogP contribution is 2.32. The first-order chi connectivity index (χ1) is 9.46. The predicted molar refractivity (Wildman–Crippen MR) is 76.1 cm³/mol. The molecule has 1 amide bonds. The van der Waals surface area contributed by atoms with Gasteiger partial charge in [-0.05, 0) is 43.4 Å². The molecule has 0 aromatic heterocycles. The number of hydrogen-bond acceptors (Lipinski definition) is 2. The number of carbonyl (C=O) groups excluding carboxylic acids is 1. The highest BCUT2D eigenvalue weighted by molar-refractivity contribution is 5.96. The molecule has 0 bridgehead atoms. The summed E-state index contributed by atoms with van der Waals surface area (Å²) in [6.07, 6.45) is 3.65. The molecule has 0 spiro atoms. The van der Waals surface area contributed by atoms with Gasteiger partial charge in [-0.15, -0.1) is 0 Å². The summed E-state index contributed by atoms with van der Waals surface area (Å²) in [4.78, 5) is 12.4. The van der Waals surface area contributed by atoms with Crippen LogP contribution < -0.4 is 5.32 Å². The van der Waals surface area contributed by atoms with Crippen molar-refractivity contribution >= 4 is 5.91 Å². The summed E-state index contributed by atoms with van der Waals surface area (Å²) in [5, 5.41) is 12.6. The minimum absolute atomic E-state index is 0.0720. The zero-order valence-electron chi connectivity index (χ0n) is 12.1. The van der Waals surface area contributed by atoms with Crippen molar-refractivity contribution in [1.82, 2.24) is 5.32 Å². The molecule has 20 heavy (non-hydrogen) atoms. The first-order valence-corrected chi connectivity index (χ1v) is 7.15. The van der Waals surface area contributed by atoms with E-state index in [0.29, 0.717) is 11.5 Å². The molecule has 0 saturated heterocycles. The van der Waals surface area contributed by atoms with Gasteiger partial charge in [-0.2, -0.15) is 0 Å². The molecule has 2 atom stereocenters. The molecule has 2 unspecified atom stereocenters. The van der Waals surface area contributed by atoms with Crippen LogP contribution in [0.15, 0.2) is 18.2 Å². The molecule has 4 heteroatoms. The van der Waals surface area contributed by atoms with E-state index >= 15 is 0 Å². The van der Waals surface area contributed by atoms with Crippen molar-refractivity contribution in [3.8, 4) is 0 Å². The van der Waals surface area contributed by atoms with E-state index < -0.39 is 11.4 Å². The third-order valence-electron chi connectivity index (χ3n) is 4.22. The first-order valence-electron chi connectivity index (χ1n) is 7.15. The van der Waals surface area contributed by atoms with Gasteiger partial charge < -0.3 is 10.4 Å². The van der Waals surface area contributed by atoms with Crippen LogP contribution in [0.3, 0.4) is 0 Å². The van der Waals surface area contributed by atoms with Crippen LogP contribution in [0.25, 0.3) is 0 Å². The molecule has 1 aromatic rings. The molecule has 2 N–H and O–H groups in total. The van der Waals surface area contributed by atoms with E-state index in [1.165, 1.54) is 12.1 Å². The average Bonchev–Trinajstić information content (AvgIpc) is 2.41. The van der Waals surface area contributed by atoms with E-state index in [9.17, 15) is 14.3 Å². The highest BCUT2D eigenvalue weighted by Gasteiger charge is 2.36. The molecule has 1 fully saturated rings. The van der Waals surface area contributed by atoms with Crippen molar-refractivity contribution in [1.29, 1.82) is 0 Å². The number of halogens is 1. The van der Waals surface area contributed by atoms with Crippen molar-refractivity contribution in [3.05, 3.63) is 35.1 Å². The van der Waals surface area contributed by atoms with Crippen LogP contribution in [-0.4, -0.2) is 23.2 Å². The lowest BCUT2D eigenvalue weighted by Crippen LogP contribution is -2.54. The largest absolute Gasteiger partial charge is 0.394 e. The second-order valence-electron chi connectivity index (χ2n) is 6.05. The lowest BCUT2D eigenvalue weighted by Gasteiger charge is -2.39. The first kappa shape index (κ1) is 15.0. The lowest BCUT2D eigenvalue weighted by atomic mass is 9.76. The van der Waals surface area contributed by atoms with Gasteiger partial charge in [0.1, 0.15) is 5.82 Å². The van der Waals surface area contributed by atoms with E-state index in [-0.39, 0.29) is 12.5 Å². The van der Waals surface area contributed by atoms with Crippen molar-refractivity contribution < 1.29 is 14.3 Å². The van der Waals surface area contributed by atoms with Crippen LogP contribution in [0.1, 0.15) is 48.5 Å². The summed E-state index contributed by atoms with van der Waals surface area (Å²) >= 11 is 0. The van der Waals surface area contributed by atoms with Crippen molar-refractivity contribution in [2.45, 2.75) is 45.1 Å². The summed E-state index contributed by atoms with van der Waals surface area (Å²) in [7, 11) is 0. The van der Waals surface area contributed by atoms with Crippen LogP contribution in [-0.2, 0) is 0 Å². The Hall–Kier alpha value is -1.42. The number of hydrogen-bond donors (Lipinski definition) is 2. The molecule has 1 saturated carbocycles. The Morgan fingerprint density at radius 1 is 1.55 bits per heavy atom. The zero-order chi connectivity index (χ0) is 14.8. The van der Waals surface area contributed by atoms with Gasteiger partial charge in [-0.1, -0.05) is 25.8 Å². The Balaban J connectivity index is 2.19. The fraction of sp³-hybridized carbons (Fsp3) is 0.562. The lowest BCUT2D eigenvalue weighted by molar-refractivity contribution is 0.0696. The zero-order valence-corrected chi connectivity index (χ0v) is 12.1. The number of aliphatic hydroxyl groups excluding tert-OH is 1. The Bertz CT molecular complexity index is 503. The van der Waals surface area contributed by atoms with Gasteiger partial charge in [-0.3, -0.25) is 4.79 Å². The molecule has 0 heterocycles. The fourth-order valence-corrected chi connectivity index (χ4v) is 3.10. The Kier molecular flexibility index (Phi) is 4.43. The third-order valence-corrected chi connectivity index (χ3v) is 4.22. The molecule has 110 valence electrons. The normalized spacial score (nSPS) is 26.3. The maximum atomic E-state index is 13.3. The minimum atomic E-state index is -0.562. The molecule has 3 nitrogen and oxygen atoms in total. The smallest absolute Gasteiger partial charge is 0.252 e. The summed E-state index contributed by atoms with van der Waals surface area (Å²) in [6, 6.07) is 4.19. The van der Waals surface area contributed by atoms with Crippen LogP contribution in [0.4, 0.5) is 4.39 Å². The van der Waals surface area contributed by atoms with E-state index in [1.807, 2.05) is 0 Å². The van der Waals surface area contributed by atoms with Crippen LogP contribution >= 0.6 is 0 Å². The SMILES string of the molecule is Cc1ccc(F)cc1C(=O)NC1(CO)CCCC(C)C1. The molecular formula is C16H22FNO2. The summed E-state index contributed by atoms with van der Waals surface area (Å²) in [5.74, 6) is -0.245. The Morgan fingerprint density at radius 2 is 2.30 bits per heavy atom. The quantitative estimate of drug-likeness (QED) is 0.894. The van der Waals surface area contributed by atoms with E-state index in [2.05, 4.69) is 12.2 Å². The number of rotatable bonds is 3. The maximum absolute atomic E-state index is 13.3. The van der Waals surface area contributed by atoms with Gasteiger partial charge in [0.25, 0.3) is 5.91 Å². The number of nitrogens with one attached hydrogen (secondary N) is 1. The fourth-order valence-electron chi connectivity index (χ4n) is 3.10. The van der Waals surface area contributed by atoms with Gasteiger partial charge in [0, 0.05) is 5.56 Å². The number of carbonyl (C=O) groups is 1. The standard InChI is InChI=1S/C16H22FNO2/c1-11-4-3-7-16(9-11,10-19)18-15(20)14-8-13(17)6-5-12(14)2/h5-6,8,11,19H,3-4,7,9-10H2,1-2H3,(H,18,20). The van der Waals surface area contributed by atoms with Crippen molar-refractivity contribution in [2.24, 2.45) is 5.92 Å². The van der Waals surface area contributed by atoms with Crippen molar-refractivity contribution in [2.75, 3.05) is 6.61 Å². The molecule has 2 rings (SSSR count). The van der Waals surface area contributed by atoms with Crippen LogP contribution in [0, 0.1) is 18.7 Å². The highest BCUT2D eigenvalue weighted by atomic mass is 19.1. The van der Waals surface area contributed by atoms with Gasteiger partial charge in [-0.25, -0.2) is 4.39 Å². The van der Waals surface area contributed by atoms with E-state index in [1.54, 1.807) is 13.0 Å². The maximum Gasteiger partial charge on any atom is 0.252 e. The Morgan fingerprint density at radius 3 is 2.95 bits per heavy atom. The van der Waals surface area contributed by atoms with Gasteiger partial charge in [0.05, 0.1) is 12.1 Å². The molecule has 1 aromatic carbocycles. The topological polar surface area (TPSA) is 49.3 Å². The number of amides is 1. The monoisotopic (exact) mass is 279 g/mol. The van der Waals surface area contributed by atoms with Crippen LogP contribution in [0.2, 0.25) is 0 Å². The molecule has 0 radical (unpaired) electrons. The summed E-state index contributed by atoms with van der Waals surface area (Å²) in [6.45, 7) is 3.84. The van der Waals surface area contributed by atoms with E-state index in [4.69, 9.17) is 0 Å². The molecular weight excluding hydrogens is 257 g/mol. The summed E-state index contributed by atoms with van der Waals surface area (Å²) < 4.78 is 13.3. The summed E-state index contributed by atoms with van der Waals surface area (Å²) in [5.41, 5.74) is 0.518. The second kappa shape index (κ2) is 5.92. The second-order valence-corrected chi connectivity index (χ2v) is 6.05. The van der Waals surface area contributed by atoms with Gasteiger partial charge in [0.15, 0.2) is 0 Å². The molecule has 0 aliphatic heterocycles. The Labute approximate surface area is 119 Å². The molecule has 1 aliphatic carbocycles.